The summed E-state index contributed by atoms with van der Waals surface area (Å²) < 4.78 is 6.64. The molecule has 0 aliphatic rings. The molecule has 0 fully saturated rings. The van der Waals surface area contributed by atoms with Gasteiger partial charge in [-0.15, -0.1) is 0 Å². The molecule has 10 rings (SSSR count). The van der Waals surface area contributed by atoms with Gasteiger partial charge in [-0.05, 0) is 98.8 Å². The van der Waals surface area contributed by atoms with Crippen molar-refractivity contribution in [3.63, 3.8) is 0 Å². The molecule has 0 aliphatic heterocycles. The molecule has 1 heterocycles. The van der Waals surface area contributed by atoms with Gasteiger partial charge in [0.25, 0.3) is 0 Å². The van der Waals surface area contributed by atoms with Crippen LogP contribution in [0.4, 0.5) is 17.1 Å². The first-order valence-electron chi connectivity index (χ1n) is 19.0. The van der Waals surface area contributed by atoms with Crippen molar-refractivity contribution < 1.29 is 4.42 Å². The van der Waals surface area contributed by atoms with Crippen LogP contribution in [0.25, 0.3) is 77.8 Å². The van der Waals surface area contributed by atoms with Crippen LogP contribution in [0.3, 0.4) is 0 Å². The number of oxazole rings is 1. The summed E-state index contributed by atoms with van der Waals surface area (Å²) in [6.07, 6.45) is 0. The number of benzene rings is 9. The van der Waals surface area contributed by atoms with Crippen molar-refractivity contribution in [2.24, 2.45) is 0 Å². The van der Waals surface area contributed by atoms with E-state index in [2.05, 4.69) is 187 Å². The Labute approximate surface area is 326 Å². The summed E-state index contributed by atoms with van der Waals surface area (Å²) in [5.74, 6) is 0.609. The van der Waals surface area contributed by atoms with E-state index in [0.29, 0.717) is 5.89 Å². The lowest BCUT2D eigenvalue weighted by Gasteiger charge is -2.27. The minimum Gasteiger partial charge on any atom is -0.435 e. The van der Waals surface area contributed by atoms with Crippen molar-refractivity contribution >= 4 is 38.9 Å². The number of hydrogen-bond donors (Lipinski definition) is 0. The Hall–Kier alpha value is -7.49. The van der Waals surface area contributed by atoms with E-state index in [1.807, 2.05) is 36.4 Å². The van der Waals surface area contributed by atoms with Crippen LogP contribution in [0, 0.1) is 0 Å². The Morgan fingerprint density at radius 1 is 0.339 bits per heavy atom. The summed E-state index contributed by atoms with van der Waals surface area (Å²) in [6, 6.07) is 77.0. The Kier molecular flexibility index (Phi) is 8.51. The number of rotatable bonds is 8. The molecule has 1 aromatic heterocycles. The largest absolute Gasteiger partial charge is 0.435 e. The molecule has 0 N–H and O–H groups in total. The molecule has 0 spiro atoms. The molecule has 0 saturated heterocycles. The monoisotopic (exact) mass is 716 g/mol. The molecule has 3 nitrogen and oxygen atoms in total. The van der Waals surface area contributed by atoms with Crippen LogP contribution in [0.15, 0.2) is 223 Å². The molecule has 0 atom stereocenters. The molecule has 0 bridgehead atoms. The quantitative estimate of drug-likeness (QED) is 0.157. The molecule has 3 heteroatoms. The number of fused-ring (bicyclic) bond motifs is 2. The average molecular weight is 717 g/mol. The minimum absolute atomic E-state index is 0.609. The van der Waals surface area contributed by atoms with Crippen LogP contribution in [-0.2, 0) is 0 Å². The van der Waals surface area contributed by atoms with Crippen LogP contribution < -0.4 is 4.90 Å². The van der Waals surface area contributed by atoms with Crippen LogP contribution in [0.5, 0.6) is 0 Å². The zero-order valence-corrected chi connectivity index (χ0v) is 30.6. The van der Waals surface area contributed by atoms with Gasteiger partial charge in [0.05, 0.1) is 0 Å². The predicted molar refractivity (Wildman–Crippen MR) is 233 cm³/mol. The van der Waals surface area contributed by atoms with Gasteiger partial charge in [-0.1, -0.05) is 164 Å². The number of anilines is 3. The van der Waals surface area contributed by atoms with E-state index in [1.54, 1.807) is 0 Å². The molecule has 0 unspecified atom stereocenters. The third-order valence-corrected chi connectivity index (χ3v) is 10.5. The first-order valence-corrected chi connectivity index (χ1v) is 19.0. The maximum absolute atomic E-state index is 6.64. The van der Waals surface area contributed by atoms with E-state index < -0.39 is 0 Å². The van der Waals surface area contributed by atoms with Gasteiger partial charge in [-0.25, -0.2) is 4.98 Å². The van der Waals surface area contributed by atoms with Gasteiger partial charge in [0.1, 0.15) is 5.52 Å². The summed E-state index contributed by atoms with van der Waals surface area (Å²) in [4.78, 5) is 7.43. The van der Waals surface area contributed by atoms with Crippen molar-refractivity contribution in [2.75, 3.05) is 4.90 Å². The second-order valence-corrected chi connectivity index (χ2v) is 14.0. The average Bonchev–Trinajstić information content (AvgIpc) is 3.73. The molecule has 10 aromatic rings. The molecular weight excluding hydrogens is 681 g/mol. The van der Waals surface area contributed by atoms with E-state index in [4.69, 9.17) is 9.40 Å². The third kappa shape index (κ3) is 6.21. The highest BCUT2D eigenvalue weighted by Crippen LogP contribution is 2.42. The first kappa shape index (κ1) is 33.1. The molecule has 9 aromatic carbocycles. The Morgan fingerprint density at radius 3 is 1.61 bits per heavy atom. The van der Waals surface area contributed by atoms with Crippen molar-refractivity contribution in [1.82, 2.24) is 4.98 Å². The highest BCUT2D eigenvalue weighted by atomic mass is 16.3. The van der Waals surface area contributed by atoms with Crippen molar-refractivity contribution in [2.45, 2.75) is 0 Å². The molecule has 0 amide bonds. The number of nitrogens with zero attached hydrogens (tertiary/aromatic N) is 2. The fraction of sp³-hybridized carbons (Fsp3) is 0. The standard InChI is InChI=1S/C53H36N2O/c1-4-15-37(16-5-1)42-23-12-25-45(35-42)55(46-26-13-24-43(36-46)48-28-14-22-38-19-10-11-27-47(38)48)44-31-29-40(30-32-44)50-34-33-49(39-17-6-2-7-18-39)51-52(50)56-53(54-51)41-20-8-3-9-21-41/h1-36H. The lowest BCUT2D eigenvalue weighted by atomic mass is 9.97. The predicted octanol–water partition coefficient (Wildman–Crippen LogP) is 14.8. The Balaban J connectivity index is 1.10. The maximum atomic E-state index is 6.64. The molecule has 264 valence electrons. The van der Waals surface area contributed by atoms with Gasteiger partial charge < -0.3 is 9.32 Å². The van der Waals surface area contributed by atoms with Gasteiger partial charge >= 0.3 is 0 Å². The van der Waals surface area contributed by atoms with Crippen molar-refractivity contribution in [1.29, 1.82) is 0 Å². The fourth-order valence-electron chi connectivity index (χ4n) is 7.77. The Bertz CT molecular complexity index is 2950. The maximum Gasteiger partial charge on any atom is 0.227 e. The topological polar surface area (TPSA) is 29.3 Å². The van der Waals surface area contributed by atoms with Crippen molar-refractivity contribution in [3.8, 4) is 56.0 Å². The van der Waals surface area contributed by atoms with Crippen LogP contribution >= 0.6 is 0 Å². The van der Waals surface area contributed by atoms with Gasteiger partial charge in [-0.2, -0.15) is 0 Å². The molecule has 0 radical (unpaired) electrons. The van der Waals surface area contributed by atoms with E-state index in [1.165, 1.54) is 27.5 Å². The van der Waals surface area contributed by atoms with Crippen LogP contribution in [-0.4, -0.2) is 4.98 Å². The van der Waals surface area contributed by atoms with Gasteiger partial charge in [0.15, 0.2) is 5.58 Å². The fourth-order valence-corrected chi connectivity index (χ4v) is 7.77. The van der Waals surface area contributed by atoms with E-state index in [0.717, 1.165) is 61.5 Å². The first-order chi connectivity index (χ1) is 27.8. The third-order valence-electron chi connectivity index (χ3n) is 10.5. The van der Waals surface area contributed by atoms with E-state index in [9.17, 15) is 0 Å². The molecule has 56 heavy (non-hydrogen) atoms. The lowest BCUT2D eigenvalue weighted by molar-refractivity contribution is 0.621. The second-order valence-electron chi connectivity index (χ2n) is 14.0. The second kappa shape index (κ2) is 14.4. The number of hydrogen-bond acceptors (Lipinski definition) is 3. The summed E-state index contributed by atoms with van der Waals surface area (Å²) in [6.45, 7) is 0. The highest BCUT2D eigenvalue weighted by Gasteiger charge is 2.19. The molecular formula is C53H36N2O. The van der Waals surface area contributed by atoms with Crippen molar-refractivity contribution in [3.05, 3.63) is 218 Å². The van der Waals surface area contributed by atoms with Gasteiger partial charge in [-0.3, -0.25) is 0 Å². The summed E-state index contributed by atoms with van der Waals surface area (Å²) in [5, 5.41) is 2.47. The molecule has 0 saturated carbocycles. The highest BCUT2D eigenvalue weighted by molar-refractivity contribution is 6.01. The summed E-state index contributed by atoms with van der Waals surface area (Å²) >= 11 is 0. The van der Waals surface area contributed by atoms with Gasteiger partial charge in [0.2, 0.25) is 5.89 Å². The minimum atomic E-state index is 0.609. The van der Waals surface area contributed by atoms with E-state index >= 15 is 0 Å². The number of aromatic nitrogens is 1. The normalized spacial score (nSPS) is 11.2. The smallest absolute Gasteiger partial charge is 0.227 e. The lowest BCUT2D eigenvalue weighted by Crippen LogP contribution is -2.10. The summed E-state index contributed by atoms with van der Waals surface area (Å²) in [7, 11) is 0. The zero-order chi connectivity index (χ0) is 37.3. The SMILES string of the molecule is c1ccc(-c2cccc(N(c3ccc(-c4ccc(-c5ccccc5)c5nc(-c6ccccc6)oc45)cc3)c3cccc(-c4cccc5ccccc45)c3)c2)cc1. The zero-order valence-electron chi connectivity index (χ0n) is 30.6. The van der Waals surface area contributed by atoms with E-state index in [-0.39, 0.29) is 0 Å². The van der Waals surface area contributed by atoms with Crippen LogP contribution in [0.1, 0.15) is 0 Å². The Morgan fingerprint density at radius 2 is 0.875 bits per heavy atom. The summed E-state index contributed by atoms with van der Waals surface area (Å²) in [5.41, 5.74) is 14.7. The molecule has 0 aliphatic carbocycles. The van der Waals surface area contributed by atoms with Gasteiger partial charge in [0, 0.05) is 33.8 Å². The van der Waals surface area contributed by atoms with Crippen LogP contribution in [0.2, 0.25) is 0 Å².